The van der Waals surface area contributed by atoms with Crippen molar-refractivity contribution in [3.63, 3.8) is 0 Å². The second kappa shape index (κ2) is 9.67. The van der Waals surface area contributed by atoms with E-state index in [9.17, 15) is 14.4 Å². The van der Waals surface area contributed by atoms with Gasteiger partial charge in [-0.25, -0.2) is 0 Å². The van der Waals surface area contributed by atoms with Crippen LogP contribution in [0.1, 0.15) is 40.5 Å². The number of hydrogen-bond acceptors (Lipinski definition) is 5. The van der Waals surface area contributed by atoms with Crippen LogP contribution < -0.4 is 10.1 Å². The number of carbonyl (C=O) groups excluding carboxylic acids is 2. The molecule has 24 heavy (non-hydrogen) atoms. The smallest absolute Gasteiger partial charge is 0.303 e. The molecule has 0 bridgehead atoms. The zero-order chi connectivity index (χ0) is 18.1. The number of carbonyl (C=O) groups is 3. The molecule has 0 spiro atoms. The average molecular weight is 336 g/mol. The predicted molar refractivity (Wildman–Crippen MR) is 89.7 cm³/mol. The normalized spacial score (nSPS) is 10.5. The molecule has 1 amide bonds. The molecule has 0 aliphatic rings. The Kier molecular flexibility index (Phi) is 7.91. The van der Waals surface area contributed by atoms with Gasteiger partial charge in [0.25, 0.3) is 5.91 Å². The van der Waals surface area contributed by atoms with Crippen molar-refractivity contribution < 1.29 is 24.2 Å². The lowest BCUT2D eigenvalue weighted by molar-refractivity contribution is -0.137. The third-order valence-electron chi connectivity index (χ3n) is 3.27. The number of aliphatic carboxylic acids is 1. The van der Waals surface area contributed by atoms with E-state index in [1.807, 2.05) is 19.0 Å². The fraction of sp³-hybridized carbons (Fsp3) is 0.471. The first-order valence-electron chi connectivity index (χ1n) is 7.73. The van der Waals surface area contributed by atoms with Gasteiger partial charge in [0.1, 0.15) is 5.75 Å². The van der Waals surface area contributed by atoms with Gasteiger partial charge in [0.15, 0.2) is 5.78 Å². The molecule has 0 aliphatic heterocycles. The van der Waals surface area contributed by atoms with Crippen LogP contribution in [0.3, 0.4) is 0 Å². The number of nitrogens with zero attached hydrogens (tertiary/aromatic N) is 1. The van der Waals surface area contributed by atoms with Crippen molar-refractivity contribution in [3.05, 3.63) is 29.3 Å². The Balaban J connectivity index is 2.82. The summed E-state index contributed by atoms with van der Waals surface area (Å²) in [5.41, 5.74) is 0.697. The van der Waals surface area contributed by atoms with E-state index in [1.165, 1.54) is 13.0 Å². The van der Waals surface area contributed by atoms with E-state index in [4.69, 9.17) is 9.84 Å². The van der Waals surface area contributed by atoms with Gasteiger partial charge < -0.3 is 20.1 Å². The molecule has 2 N–H and O–H groups in total. The van der Waals surface area contributed by atoms with Crippen molar-refractivity contribution in [3.8, 4) is 5.75 Å². The molecule has 1 aromatic carbocycles. The Bertz CT molecular complexity index is 599. The standard InChI is InChI=1S/C17H24N2O5/c1-12(20)13-6-7-15(24-10-4-5-16(21)22)14(11-13)17(23)18-8-9-19(2)3/h6-7,11H,4-5,8-10H2,1-3H3,(H,18,23)(H,21,22). The summed E-state index contributed by atoms with van der Waals surface area (Å²) in [6.07, 6.45) is 0.335. The molecule has 7 heteroatoms. The Morgan fingerprint density at radius 3 is 2.54 bits per heavy atom. The minimum atomic E-state index is -0.896. The van der Waals surface area contributed by atoms with E-state index < -0.39 is 5.97 Å². The summed E-state index contributed by atoms with van der Waals surface area (Å²) in [6.45, 7) is 2.77. The first-order chi connectivity index (χ1) is 11.3. The minimum absolute atomic E-state index is 0.00407. The molecule has 7 nitrogen and oxygen atoms in total. The van der Waals surface area contributed by atoms with Gasteiger partial charge in [-0.3, -0.25) is 14.4 Å². The van der Waals surface area contributed by atoms with Crippen molar-refractivity contribution in [1.29, 1.82) is 0 Å². The van der Waals surface area contributed by atoms with Crippen LogP contribution in [0, 0.1) is 0 Å². The monoisotopic (exact) mass is 336 g/mol. The van der Waals surface area contributed by atoms with Crippen LogP contribution >= 0.6 is 0 Å². The molecule has 1 aromatic rings. The van der Waals surface area contributed by atoms with Gasteiger partial charge in [0.05, 0.1) is 12.2 Å². The Morgan fingerprint density at radius 1 is 1.25 bits per heavy atom. The summed E-state index contributed by atoms with van der Waals surface area (Å²) in [6, 6.07) is 4.66. The highest BCUT2D eigenvalue weighted by Crippen LogP contribution is 2.21. The number of carboxylic acids is 1. The van der Waals surface area contributed by atoms with Crippen LogP contribution in [0.2, 0.25) is 0 Å². The Labute approximate surface area is 141 Å². The fourth-order valence-electron chi connectivity index (χ4n) is 1.95. The molecule has 132 valence electrons. The fourth-order valence-corrected chi connectivity index (χ4v) is 1.95. The predicted octanol–water partition coefficient (Wildman–Crippen LogP) is 1.42. The highest BCUT2D eigenvalue weighted by atomic mass is 16.5. The van der Waals surface area contributed by atoms with Crippen molar-refractivity contribution >= 4 is 17.7 Å². The van der Waals surface area contributed by atoms with Crippen LogP contribution in [-0.4, -0.2) is 61.5 Å². The molecule has 0 aliphatic carbocycles. The van der Waals surface area contributed by atoms with Gasteiger partial charge in [-0.2, -0.15) is 0 Å². The van der Waals surface area contributed by atoms with Gasteiger partial charge in [-0.15, -0.1) is 0 Å². The summed E-state index contributed by atoms with van der Waals surface area (Å²) < 4.78 is 5.52. The summed E-state index contributed by atoms with van der Waals surface area (Å²) in [7, 11) is 3.80. The molecule has 0 saturated heterocycles. The van der Waals surface area contributed by atoms with Gasteiger partial charge >= 0.3 is 5.97 Å². The highest BCUT2D eigenvalue weighted by molar-refractivity contribution is 6.01. The Hall–Kier alpha value is -2.41. The van der Waals surface area contributed by atoms with Gasteiger partial charge in [0, 0.05) is 25.1 Å². The topological polar surface area (TPSA) is 95.9 Å². The summed E-state index contributed by atoms with van der Waals surface area (Å²) in [4.78, 5) is 36.3. The summed E-state index contributed by atoms with van der Waals surface area (Å²) in [5.74, 6) is -1.03. The molecule has 0 fully saturated rings. The van der Waals surface area contributed by atoms with Gasteiger partial charge in [-0.05, 0) is 45.6 Å². The number of rotatable bonds is 10. The zero-order valence-electron chi connectivity index (χ0n) is 14.3. The summed E-state index contributed by atoms with van der Waals surface area (Å²) in [5, 5.41) is 11.4. The molecule has 0 atom stereocenters. The number of hydrogen-bond donors (Lipinski definition) is 2. The third kappa shape index (κ3) is 6.78. The lowest BCUT2D eigenvalue weighted by Crippen LogP contribution is -2.31. The van der Waals surface area contributed by atoms with Crippen LogP contribution in [0.15, 0.2) is 18.2 Å². The quantitative estimate of drug-likeness (QED) is 0.496. The van der Waals surface area contributed by atoms with Crippen molar-refractivity contribution in [1.82, 2.24) is 10.2 Å². The molecular weight excluding hydrogens is 312 g/mol. The van der Waals surface area contributed by atoms with E-state index in [1.54, 1.807) is 12.1 Å². The number of amides is 1. The first kappa shape index (κ1) is 19.6. The zero-order valence-corrected chi connectivity index (χ0v) is 14.3. The van der Waals surface area contributed by atoms with Crippen LogP contribution in [0.25, 0.3) is 0 Å². The number of Topliss-reactive ketones (excluding diaryl/α,β-unsaturated/α-hetero) is 1. The number of nitrogens with one attached hydrogen (secondary N) is 1. The van der Waals surface area contributed by atoms with Gasteiger partial charge in [-0.1, -0.05) is 0 Å². The molecule has 0 heterocycles. The third-order valence-corrected chi connectivity index (χ3v) is 3.27. The van der Waals surface area contributed by atoms with Crippen molar-refractivity contribution in [2.75, 3.05) is 33.8 Å². The molecule has 1 rings (SSSR count). The number of likely N-dealkylation sites (N-methyl/N-ethyl adjacent to an activating group) is 1. The molecule has 0 radical (unpaired) electrons. The van der Waals surface area contributed by atoms with Crippen LogP contribution in [-0.2, 0) is 4.79 Å². The largest absolute Gasteiger partial charge is 0.493 e. The first-order valence-corrected chi connectivity index (χ1v) is 7.73. The van der Waals surface area contributed by atoms with Crippen molar-refractivity contribution in [2.24, 2.45) is 0 Å². The lowest BCUT2D eigenvalue weighted by Gasteiger charge is -2.14. The van der Waals surface area contributed by atoms with Crippen LogP contribution in [0.5, 0.6) is 5.75 Å². The van der Waals surface area contributed by atoms with Crippen molar-refractivity contribution in [2.45, 2.75) is 19.8 Å². The second-order valence-electron chi connectivity index (χ2n) is 5.67. The maximum Gasteiger partial charge on any atom is 0.303 e. The molecule has 0 aromatic heterocycles. The molecular formula is C17H24N2O5. The average Bonchev–Trinajstić information content (AvgIpc) is 2.50. The lowest BCUT2D eigenvalue weighted by atomic mass is 10.1. The van der Waals surface area contributed by atoms with E-state index in [2.05, 4.69) is 5.32 Å². The van der Waals surface area contributed by atoms with Gasteiger partial charge in [0.2, 0.25) is 0 Å². The number of carboxylic acid groups (broad SMARTS) is 1. The summed E-state index contributed by atoms with van der Waals surface area (Å²) >= 11 is 0. The number of benzene rings is 1. The SMILES string of the molecule is CC(=O)c1ccc(OCCCC(=O)O)c(C(=O)NCCN(C)C)c1. The number of ketones is 1. The maximum atomic E-state index is 12.3. The maximum absolute atomic E-state index is 12.3. The molecule has 0 saturated carbocycles. The van der Waals surface area contributed by atoms with Crippen LogP contribution in [0.4, 0.5) is 0 Å². The Morgan fingerprint density at radius 2 is 1.96 bits per heavy atom. The van der Waals surface area contributed by atoms with E-state index >= 15 is 0 Å². The second-order valence-corrected chi connectivity index (χ2v) is 5.67. The number of ether oxygens (including phenoxy) is 1. The highest BCUT2D eigenvalue weighted by Gasteiger charge is 2.15. The van der Waals surface area contributed by atoms with E-state index in [-0.39, 0.29) is 30.3 Å². The minimum Gasteiger partial charge on any atom is -0.493 e. The van der Waals surface area contributed by atoms with E-state index in [0.29, 0.717) is 30.8 Å². The van der Waals surface area contributed by atoms with E-state index in [0.717, 1.165) is 0 Å². The molecule has 0 unspecified atom stereocenters.